The molecule has 5 saturated carbocycles. The highest BCUT2D eigenvalue weighted by molar-refractivity contribution is 6.00. The highest BCUT2D eigenvalue weighted by Gasteiger charge is 2.89. The number of carbonyl (C=O) groups excluding carboxylic acids is 2. The molecule has 0 aromatic heterocycles. The highest BCUT2D eigenvalue weighted by atomic mass is 16.6. The molecular formula is C32H44N2O8. The van der Waals surface area contributed by atoms with E-state index in [1.54, 1.807) is 45.6 Å². The molecule has 7 rings (SSSR count). The smallest absolute Gasteiger partial charge is 0.340 e. The predicted octanol–water partition coefficient (Wildman–Crippen LogP) is 2.22. The van der Waals surface area contributed by atoms with Crippen LogP contribution in [0.2, 0.25) is 0 Å². The van der Waals surface area contributed by atoms with Gasteiger partial charge in [0.05, 0.1) is 29.6 Å². The van der Waals surface area contributed by atoms with Crippen molar-refractivity contribution in [3.63, 3.8) is 0 Å². The van der Waals surface area contributed by atoms with E-state index in [-0.39, 0.29) is 47.8 Å². The molecule has 1 aliphatic heterocycles. The Kier molecular flexibility index (Phi) is 6.46. The van der Waals surface area contributed by atoms with Crippen molar-refractivity contribution < 1.29 is 38.7 Å². The number of nitrogens with zero attached hydrogens (tertiary/aromatic N) is 1. The third-order valence-electron chi connectivity index (χ3n) is 12.6. The molecule has 6 aliphatic rings. The van der Waals surface area contributed by atoms with Crippen LogP contribution in [-0.4, -0.2) is 103 Å². The zero-order valence-electron chi connectivity index (χ0n) is 25.2. The summed E-state index contributed by atoms with van der Waals surface area (Å²) >= 11 is 0. The van der Waals surface area contributed by atoms with Crippen molar-refractivity contribution in [2.24, 2.45) is 29.1 Å². The van der Waals surface area contributed by atoms with Crippen molar-refractivity contribution in [3.05, 3.63) is 29.8 Å². The van der Waals surface area contributed by atoms with E-state index in [2.05, 4.69) is 17.1 Å². The fraction of sp³-hybridized carbons (Fsp3) is 0.750. The summed E-state index contributed by atoms with van der Waals surface area (Å²) in [7, 11) is 5.05. The summed E-state index contributed by atoms with van der Waals surface area (Å²) in [5.74, 6) is -1.54. The number of esters is 1. The lowest BCUT2D eigenvalue weighted by atomic mass is 9.44. The number of likely N-dealkylation sites (tertiary alicyclic amines) is 1. The summed E-state index contributed by atoms with van der Waals surface area (Å²) in [6.07, 6.45) is 1.91. The summed E-state index contributed by atoms with van der Waals surface area (Å²) in [6.45, 7) is 4.79. The van der Waals surface area contributed by atoms with E-state index in [0.717, 1.165) is 0 Å². The van der Waals surface area contributed by atoms with Gasteiger partial charge in [-0.1, -0.05) is 19.1 Å². The van der Waals surface area contributed by atoms with Crippen LogP contribution in [0.3, 0.4) is 0 Å². The first-order valence-electron chi connectivity index (χ1n) is 15.4. The Hall–Kier alpha value is -2.08. The van der Waals surface area contributed by atoms with Crippen LogP contribution in [0.25, 0.3) is 0 Å². The summed E-state index contributed by atoms with van der Waals surface area (Å²) in [4.78, 5) is 28.3. The van der Waals surface area contributed by atoms with Crippen molar-refractivity contribution in [2.75, 3.05) is 39.7 Å². The number of carbonyl (C=O) groups is 2. The Morgan fingerprint density at radius 2 is 1.83 bits per heavy atom. The molecule has 5 aliphatic carbocycles. The van der Waals surface area contributed by atoms with Gasteiger partial charge in [0.15, 0.2) is 0 Å². The first-order chi connectivity index (χ1) is 20.1. The maximum Gasteiger partial charge on any atom is 0.340 e. The van der Waals surface area contributed by atoms with Crippen molar-refractivity contribution in [2.45, 2.75) is 87.1 Å². The molecule has 12 atom stereocenters. The normalized spacial score (nSPS) is 48.2. The number of fused-ring (bicyclic) bond motifs is 2. The second-order valence-electron chi connectivity index (χ2n) is 13.7. The SMILES string of the molecule is CCN1C[C@]2(OC(=O)c3ccccc3NC(C)=O)CC[C@H](OC)[C@]34[C@H]1[C@H](C[C@@H]23)[C@@]1(O)C[C@@H](OC)[C@H]2C[C@@H]4[C@@]1(O)[C@H]2OC. The van der Waals surface area contributed by atoms with Gasteiger partial charge < -0.3 is 34.5 Å². The summed E-state index contributed by atoms with van der Waals surface area (Å²) in [5.41, 5.74) is -3.57. The molecular weight excluding hydrogens is 540 g/mol. The molecule has 1 aromatic carbocycles. The molecule has 230 valence electrons. The average molecular weight is 585 g/mol. The number of para-hydroxylation sites is 1. The maximum absolute atomic E-state index is 14.0. The molecule has 6 fully saturated rings. The molecule has 3 N–H and O–H groups in total. The van der Waals surface area contributed by atoms with Crippen LogP contribution in [0.5, 0.6) is 0 Å². The first kappa shape index (κ1) is 28.7. The summed E-state index contributed by atoms with van der Waals surface area (Å²) < 4.78 is 25.1. The number of amides is 1. The van der Waals surface area contributed by atoms with E-state index in [4.69, 9.17) is 18.9 Å². The molecule has 10 heteroatoms. The molecule has 0 unspecified atom stereocenters. The third kappa shape index (κ3) is 3.21. The molecule has 1 amide bonds. The van der Waals surface area contributed by atoms with E-state index in [9.17, 15) is 19.8 Å². The number of methoxy groups -OCH3 is 3. The maximum atomic E-state index is 14.0. The van der Waals surface area contributed by atoms with Crippen molar-refractivity contribution in [3.8, 4) is 0 Å². The van der Waals surface area contributed by atoms with Gasteiger partial charge >= 0.3 is 5.97 Å². The zero-order chi connectivity index (χ0) is 29.8. The minimum atomic E-state index is -1.48. The van der Waals surface area contributed by atoms with Gasteiger partial charge in [-0.05, 0) is 44.4 Å². The van der Waals surface area contributed by atoms with E-state index >= 15 is 0 Å². The molecule has 42 heavy (non-hydrogen) atoms. The summed E-state index contributed by atoms with van der Waals surface area (Å²) in [5, 5.41) is 28.4. The lowest BCUT2D eigenvalue weighted by Crippen LogP contribution is -2.83. The lowest BCUT2D eigenvalue weighted by molar-refractivity contribution is -0.337. The quantitative estimate of drug-likeness (QED) is 0.414. The Labute approximate surface area is 247 Å². The number of aliphatic hydroxyl groups is 2. The fourth-order valence-corrected chi connectivity index (χ4v) is 11.6. The van der Waals surface area contributed by atoms with Gasteiger partial charge in [-0.3, -0.25) is 9.69 Å². The van der Waals surface area contributed by atoms with Crippen LogP contribution in [0.4, 0.5) is 5.69 Å². The topological polar surface area (TPSA) is 127 Å². The Morgan fingerprint density at radius 1 is 1.07 bits per heavy atom. The number of ether oxygens (including phenoxy) is 4. The van der Waals surface area contributed by atoms with Gasteiger partial charge in [-0.15, -0.1) is 0 Å². The minimum absolute atomic E-state index is 0.0432. The van der Waals surface area contributed by atoms with E-state index in [0.29, 0.717) is 56.4 Å². The lowest BCUT2D eigenvalue weighted by Gasteiger charge is -2.70. The summed E-state index contributed by atoms with van der Waals surface area (Å²) in [6, 6.07) is 6.89. The second-order valence-corrected chi connectivity index (χ2v) is 13.7. The van der Waals surface area contributed by atoms with Gasteiger partial charge in [0.25, 0.3) is 0 Å². The second kappa shape index (κ2) is 9.46. The van der Waals surface area contributed by atoms with Crippen molar-refractivity contribution >= 4 is 17.6 Å². The van der Waals surface area contributed by atoms with Crippen LogP contribution in [0.1, 0.15) is 56.3 Å². The molecule has 10 nitrogen and oxygen atoms in total. The number of rotatable bonds is 7. The van der Waals surface area contributed by atoms with Crippen LogP contribution < -0.4 is 5.32 Å². The van der Waals surface area contributed by atoms with Crippen LogP contribution in [0, 0.1) is 29.1 Å². The van der Waals surface area contributed by atoms with Gasteiger partial charge in [0.2, 0.25) is 5.91 Å². The van der Waals surface area contributed by atoms with Crippen LogP contribution >= 0.6 is 0 Å². The van der Waals surface area contributed by atoms with E-state index in [1.807, 2.05) is 0 Å². The highest BCUT2D eigenvalue weighted by Crippen LogP contribution is 2.79. The molecule has 1 aromatic rings. The molecule has 7 bridgehead atoms. The average Bonchev–Trinajstić information content (AvgIpc) is 3.39. The Morgan fingerprint density at radius 3 is 2.50 bits per heavy atom. The number of hydrogen-bond donors (Lipinski definition) is 3. The van der Waals surface area contributed by atoms with Crippen molar-refractivity contribution in [1.82, 2.24) is 4.90 Å². The zero-order valence-corrected chi connectivity index (χ0v) is 25.2. The molecule has 1 saturated heterocycles. The monoisotopic (exact) mass is 584 g/mol. The van der Waals surface area contributed by atoms with E-state index < -0.39 is 34.3 Å². The first-order valence-corrected chi connectivity index (χ1v) is 15.4. The van der Waals surface area contributed by atoms with Gasteiger partial charge in [0, 0.05) is 76.3 Å². The van der Waals surface area contributed by atoms with Crippen LogP contribution in [-0.2, 0) is 23.7 Å². The number of nitrogens with one attached hydrogen (secondary N) is 1. The Bertz CT molecular complexity index is 1290. The van der Waals surface area contributed by atoms with Gasteiger partial charge in [-0.25, -0.2) is 4.79 Å². The number of piperidine rings is 1. The third-order valence-corrected chi connectivity index (χ3v) is 12.6. The van der Waals surface area contributed by atoms with Gasteiger partial charge in [0.1, 0.15) is 16.8 Å². The number of hydrogen-bond acceptors (Lipinski definition) is 9. The number of benzene rings is 1. The number of anilines is 1. The standard InChI is InChI=1S/C32H44N2O8/c1-6-34-16-29(42-28(36)18-9-7-8-10-21(18)33-17(2)35)12-11-25(40-4)31-23(29)14-20(26(31)34)30(37)15-22(39-3)19-13-24(31)32(30,38)27(19)41-5/h7-10,19-20,22-27,37-38H,6,11-16H2,1-5H3,(H,33,35)/t19-,20+,22-,23+,24+,25+,26-,27+,29-,30+,31+,32-/m1/s1. The molecule has 0 radical (unpaired) electrons. The minimum Gasteiger partial charge on any atom is -0.454 e. The number of likely N-dealkylation sites (N-methyl/N-ethyl adjacent to an activating group) is 1. The molecule has 1 heterocycles. The van der Waals surface area contributed by atoms with Crippen LogP contribution in [0.15, 0.2) is 24.3 Å². The Balaban J connectivity index is 1.38. The van der Waals surface area contributed by atoms with E-state index in [1.165, 1.54) is 6.92 Å². The van der Waals surface area contributed by atoms with Gasteiger partial charge in [-0.2, -0.15) is 0 Å². The fourth-order valence-electron chi connectivity index (χ4n) is 11.6. The molecule has 1 spiro atoms. The van der Waals surface area contributed by atoms with Crippen molar-refractivity contribution in [1.29, 1.82) is 0 Å². The predicted molar refractivity (Wildman–Crippen MR) is 152 cm³/mol. The largest absolute Gasteiger partial charge is 0.454 e.